The fraction of sp³-hybridized carbons (Fsp3) is 0.200. The van der Waals surface area contributed by atoms with Crippen molar-refractivity contribution >= 4 is 23.1 Å². The first-order valence-corrected chi connectivity index (χ1v) is 7.60. The highest BCUT2D eigenvalue weighted by Gasteiger charge is 2.30. The van der Waals surface area contributed by atoms with Crippen molar-refractivity contribution in [3.8, 4) is 0 Å². The van der Waals surface area contributed by atoms with Gasteiger partial charge in [-0.15, -0.1) is 11.3 Å². The molecule has 3 aromatic heterocycles. The van der Waals surface area contributed by atoms with Crippen LogP contribution in [0.3, 0.4) is 0 Å². The van der Waals surface area contributed by atoms with E-state index in [-0.39, 0.29) is 11.8 Å². The molecule has 0 aromatic carbocycles. The first kappa shape index (κ1) is 12.4. The average molecular weight is 299 g/mol. The Bertz CT molecular complexity index is 759. The second-order valence-electron chi connectivity index (χ2n) is 5.01. The molecule has 0 spiro atoms. The first-order chi connectivity index (χ1) is 10.3. The molecule has 0 fully saturated rings. The molecule has 6 heteroatoms. The molecular weight excluding hydrogens is 286 g/mol. The van der Waals surface area contributed by atoms with Gasteiger partial charge in [-0.3, -0.25) is 4.79 Å². The summed E-state index contributed by atoms with van der Waals surface area (Å²) in [7, 11) is 0. The third kappa shape index (κ3) is 2.17. The highest BCUT2D eigenvalue weighted by Crippen LogP contribution is 2.38. The van der Waals surface area contributed by atoms with Crippen LogP contribution in [0.1, 0.15) is 28.5 Å². The number of aromatic nitrogens is 2. The number of amides is 1. The number of hydrogen-bond acceptors (Lipinski definition) is 4. The first-order valence-electron chi connectivity index (χ1n) is 6.72. The molecule has 0 unspecified atom stereocenters. The van der Waals surface area contributed by atoms with Crippen molar-refractivity contribution in [2.75, 3.05) is 5.32 Å². The Morgan fingerprint density at radius 3 is 3.14 bits per heavy atom. The predicted octanol–water partition coefficient (Wildman–Crippen LogP) is 3.06. The summed E-state index contributed by atoms with van der Waals surface area (Å²) in [6.07, 6.45) is 3.96. The van der Waals surface area contributed by atoms with E-state index >= 15 is 0 Å². The number of carbonyl (C=O) groups is 1. The van der Waals surface area contributed by atoms with Crippen LogP contribution >= 0.6 is 11.3 Å². The van der Waals surface area contributed by atoms with E-state index in [0.717, 1.165) is 17.1 Å². The van der Waals surface area contributed by atoms with E-state index < -0.39 is 0 Å². The Morgan fingerprint density at radius 2 is 2.38 bits per heavy atom. The van der Waals surface area contributed by atoms with Crippen molar-refractivity contribution in [2.24, 2.45) is 0 Å². The normalized spacial score (nSPS) is 17.5. The van der Waals surface area contributed by atoms with Gasteiger partial charge in [0.1, 0.15) is 18.1 Å². The highest BCUT2D eigenvalue weighted by molar-refractivity contribution is 7.10. The van der Waals surface area contributed by atoms with Crippen molar-refractivity contribution in [1.82, 2.24) is 9.78 Å². The second kappa shape index (κ2) is 4.89. The molecule has 4 rings (SSSR count). The van der Waals surface area contributed by atoms with Gasteiger partial charge in [0.05, 0.1) is 12.5 Å². The maximum absolute atomic E-state index is 12.0. The average Bonchev–Trinajstić information content (AvgIpc) is 3.20. The van der Waals surface area contributed by atoms with Gasteiger partial charge in [-0.2, -0.15) is 5.10 Å². The minimum atomic E-state index is 0.0297. The van der Waals surface area contributed by atoms with E-state index in [2.05, 4.69) is 16.5 Å². The Kier molecular flexibility index (Phi) is 2.89. The van der Waals surface area contributed by atoms with Crippen LogP contribution in [0.15, 0.2) is 46.5 Å². The number of nitrogens with zero attached hydrogens (tertiary/aromatic N) is 2. The largest absolute Gasteiger partial charge is 0.467 e. The SMILES string of the molecule is O=C1C[C@@H](c2cccs2)c2cnn(Cc3ccco3)c2N1. The zero-order valence-electron chi connectivity index (χ0n) is 11.2. The molecule has 1 amide bonds. The highest BCUT2D eigenvalue weighted by atomic mass is 32.1. The molecule has 0 saturated carbocycles. The summed E-state index contributed by atoms with van der Waals surface area (Å²) in [4.78, 5) is 13.2. The van der Waals surface area contributed by atoms with Crippen molar-refractivity contribution in [3.63, 3.8) is 0 Å². The molecule has 0 saturated heterocycles. The van der Waals surface area contributed by atoms with Crippen LogP contribution in [-0.2, 0) is 11.3 Å². The molecule has 4 heterocycles. The van der Waals surface area contributed by atoms with Crippen molar-refractivity contribution in [3.05, 3.63) is 58.3 Å². The lowest BCUT2D eigenvalue weighted by atomic mass is 9.93. The predicted molar refractivity (Wildman–Crippen MR) is 79.4 cm³/mol. The third-order valence-corrected chi connectivity index (χ3v) is 4.65. The van der Waals surface area contributed by atoms with Gasteiger partial charge in [0.15, 0.2) is 0 Å². The Balaban J connectivity index is 1.73. The van der Waals surface area contributed by atoms with Gasteiger partial charge in [0, 0.05) is 22.8 Å². The Hall–Kier alpha value is -2.34. The molecule has 0 aliphatic carbocycles. The minimum Gasteiger partial charge on any atom is -0.467 e. The van der Waals surface area contributed by atoms with Crippen LogP contribution in [0.2, 0.25) is 0 Å². The van der Waals surface area contributed by atoms with E-state index in [1.54, 1.807) is 22.3 Å². The third-order valence-electron chi connectivity index (χ3n) is 3.66. The van der Waals surface area contributed by atoms with Gasteiger partial charge in [0.2, 0.25) is 5.91 Å². The maximum atomic E-state index is 12.0. The summed E-state index contributed by atoms with van der Waals surface area (Å²) in [6, 6.07) is 7.83. The Labute approximate surface area is 125 Å². The van der Waals surface area contributed by atoms with Crippen molar-refractivity contribution in [1.29, 1.82) is 0 Å². The summed E-state index contributed by atoms with van der Waals surface area (Å²) >= 11 is 1.67. The number of furan rings is 1. The zero-order valence-corrected chi connectivity index (χ0v) is 12.0. The number of nitrogens with one attached hydrogen (secondary N) is 1. The quantitative estimate of drug-likeness (QED) is 0.808. The van der Waals surface area contributed by atoms with Gasteiger partial charge < -0.3 is 9.73 Å². The minimum absolute atomic E-state index is 0.0297. The number of carbonyl (C=O) groups excluding carboxylic acids is 1. The molecule has 1 atom stereocenters. The molecule has 3 aromatic rings. The molecule has 1 aliphatic heterocycles. The fourth-order valence-corrected chi connectivity index (χ4v) is 3.53. The van der Waals surface area contributed by atoms with E-state index in [9.17, 15) is 4.79 Å². The van der Waals surface area contributed by atoms with Gasteiger partial charge in [-0.25, -0.2) is 4.68 Å². The van der Waals surface area contributed by atoms with Crippen LogP contribution < -0.4 is 5.32 Å². The molecule has 106 valence electrons. The van der Waals surface area contributed by atoms with E-state index in [4.69, 9.17) is 4.42 Å². The number of thiophene rings is 1. The maximum Gasteiger partial charge on any atom is 0.226 e. The molecule has 5 nitrogen and oxygen atoms in total. The number of hydrogen-bond donors (Lipinski definition) is 1. The standard InChI is InChI=1S/C15H13N3O2S/c19-14-7-11(13-4-2-6-21-13)12-8-16-18(15(12)17-14)9-10-3-1-5-20-10/h1-6,8,11H,7,9H2,(H,17,19)/t11-/m1/s1. The molecule has 21 heavy (non-hydrogen) atoms. The lowest BCUT2D eigenvalue weighted by Crippen LogP contribution is -2.24. The van der Waals surface area contributed by atoms with E-state index in [1.165, 1.54) is 4.88 Å². The van der Waals surface area contributed by atoms with Gasteiger partial charge in [0.25, 0.3) is 0 Å². The van der Waals surface area contributed by atoms with Gasteiger partial charge in [-0.05, 0) is 23.6 Å². The molecular formula is C15H13N3O2S. The summed E-state index contributed by atoms with van der Waals surface area (Å²) in [5, 5.41) is 9.39. The summed E-state index contributed by atoms with van der Waals surface area (Å²) in [5.41, 5.74) is 1.07. The van der Waals surface area contributed by atoms with Crippen molar-refractivity contribution in [2.45, 2.75) is 18.9 Å². The Morgan fingerprint density at radius 1 is 1.43 bits per heavy atom. The van der Waals surface area contributed by atoms with Crippen LogP contribution in [0.25, 0.3) is 0 Å². The smallest absolute Gasteiger partial charge is 0.226 e. The summed E-state index contributed by atoms with van der Waals surface area (Å²) < 4.78 is 7.14. The summed E-state index contributed by atoms with van der Waals surface area (Å²) in [6.45, 7) is 0.514. The lowest BCUT2D eigenvalue weighted by molar-refractivity contribution is -0.116. The second-order valence-corrected chi connectivity index (χ2v) is 5.99. The summed E-state index contributed by atoms with van der Waals surface area (Å²) in [5.74, 6) is 1.72. The number of anilines is 1. The van der Waals surface area contributed by atoms with E-state index in [0.29, 0.717) is 13.0 Å². The molecule has 1 N–H and O–H groups in total. The van der Waals surface area contributed by atoms with Gasteiger partial charge in [-0.1, -0.05) is 6.07 Å². The topological polar surface area (TPSA) is 60.1 Å². The lowest BCUT2D eigenvalue weighted by Gasteiger charge is -2.22. The molecule has 0 radical (unpaired) electrons. The van der Waals surface area contributed by atoms with Crippen LogP contribution in [0.5, 0.6) is 0 Å². The van der Waals surface area contributed by atoms with Crippen LogP contribution in [0, 0.1) is 0 Å². The van der Waals surface area contributed by atoms with Crippen LogP contribution in [0.4, 0.5) is 5.82 Å². The molecule has 1 aliphatic rings. The number of fused-ring (bicyclic) bond motifs is 1. The van der Waals surface area contributed by atoms with Gasteiger partial charge >= 0.3 is 0 Å². The van der Waals surface area contributed by atoms with Crippen molar-refractivity contribution < 1.29 is 9.21 Å². The molecule has 0 bridgehead atoms. The van der Waals surface area contributed by atoms with E-state index in [1.807, 2.05) is 29.8 Å². The van der Waals surface area contributed by atoms with Crippen LogP contribution in [-0.4, -0.2) is 15.7 Å². The monoisotopic (exact) mass is 299 g/mol. The fourth-order valence-electron chi connectivity index (χ4n) is 2.68. The zero-order chi connectivity index (χ0) is 14.2. The number of rotatable bonds is 3.